The van der Waals surface area contributed by atoms with Crippen LogP contribution in [-0.4, -0.2) is 41.3 Å². The fourth-order valence-corrected chi connectivity index (χ4v) is 0.277. The van der Waals surface area contributed by atoms with Crippen LogP contribution in [0.3, 0.4) is 0 Å². The van der Waals surface area contributed by atoms with Crippen LogP contribution in [0.4, 0.5) is 0 Å². The van der Waals surface area contributed by atoms with Gasteiger partial charge in [0.2, 0.25) is 5.78 Å². The lowest BCUT2D eigenvalue weighted by Gasteiger charge is -2.05. The van der Waals surface area contributed by atoms with E-state index in [1.807, 2.05) is 0 Å². The summed E-state index contributed by atoms with van der Waals surface area (Å²) in [5, 5.41) is 16.9. The third kappa shape index (κ3) is 4.78. The minimum Gasteiger partial charge on any atom is -0.394 e. The van der Waals surface area contributed by atoms with Crippen LogP contribution in [0, 0.1) is 0 Å². The summed E-state index contributed by atoms with van der Waals surface area (Å²) in [5.74, 6) is -1.94. The number of aliphatic hydroxyl groups excluding tert-OH is 2. The number of ketones is 1. The Morgan fingerprint density at radius 1 is 1.50 bits per heavy atom. The molecule has 0 saturated carbocycles. The number of rotatable bonds is 5. The molecule has 0 saturated heterocycles. The monoisotopic (exact) mass is 178 g/mol. The molecule has 0 aromatic rings. The summed E-state index contributed by atoms with van der Waals surface area (Å²) in [6, 6.07) is 0. The highest BCUT2D eigenvalue weighted by Gasteiger charge is 2.11. The topological polar surface area (TPSA) is 93.1 Å². The van der Waals surface area contributed by atoms with Crippen molar-refractivity contribution in [3.63, 3.8) is 0 Å². The fourth-order valence-electron chi connectivity index (χ4n) is 0.277. The highest BCUT2D eigenvalue weighted by Crippen LogP contribution is 1.87. The third-order valence-electron chi connectivity index (χ3n) is 0.893. The van der Waals surface area contributed by atoms with E-state index >= 15 is 0 Å². The molecule has 0 spiro atoms. The first-order valence-corrected chi connectivity index (χ1v) is 3.21. The molecule has 2 N–H and O–H groups in total. The van der Waals surface area contributed by atoms with Gasteiger partial charge in [-0.3, -0.25) is 9.68 Å². The number of Topliss-reactive ketones (excluding diaryl/α,β-unsaturated/α-hetero) is 1. The minimum atomic E-state index is -1.14. The number of hydrogen-bond acceptors (Lipinski definition) is 6. The van der Waals surface area contributed by atoms with Crippen LogP contribution in [0.5, 0.6) is 0 Å². The Morgan fingerprint density at radius 3 is 2.50 bits per heavy atom. The standard InChI is InChI=1S/C6H10O6/c1-4(8)6(10)12-11-3-5(9)2-7/h5,7,9H,2-3H2,1H3. The first-order valence-electron chi connectivity index (χ1n) is 3.21. The second kappa shape index (κ2) is 5.64. The van der Waals surface area contributed by atoms with Gasteiger partial charge in [0.1, 0.15) is 12.7 Å². The Bertz CT molecular complexity index is 165. The summed E-state index contributed by atoms with van der Waals surface area (Å²) in [6.45, 7) is 0.154. The summed E-state index contributed by atoms with van der Waals surface area (Å²) < 4.78 is 0. The van der Waals surface area contributed by atoms with E-state index in [0.29, 0.717) is 0 Å². The molecule has 6 heteroatoms. The molecule has 0 rings (SSSR count). The van der Waals surface area contributed by atoms with Crippen LogP contribution in [0.1, 0.15) is 6.92 Å². The van der Waals surface area contributed by atoms with Crippen molar-refractivity contribution in [2.45, 2.75) is 13.0 Å². The second-order valence-corrected chi connectivity index (χ2v) is 2.05. The molecule has 70 valence electrons. The van der Waals surface area contributed by atoms with Gasteiger partial charge < -0.3 is 10.2 Å². The second-order valence-electron chi connectivity index (χ2n) is 2.05. The highest BCUT2D eigenvalue weighted by molar-refractivity contribution is 6.32. The van der Waals surface area contributed by atoms with Gasteiger partial charge in [-0.25, -0.2) is 4.79 Å². The quantitative estimate of drug-likeness (QED) is 0.299. The lowest BCUT2D eigenvalue weighted by atomic mass is 10.4. The van der Waals surface area contributed by atoms with E-state index < -0.39 is 24.5 Å². The molecule has 0 aliphatic rings. The van der Waals surface area contributed by atoms with Crippen molar-refractivity contribution in [3.05, 3.63) is 0 Å². The first-order chi connectivity index (χ1) is 5.57. The summed E-state index contributed by atoms with van der Waals surface area (Å²) in [6.07, 6.45) is -1.12. The molecule has 6 nitrogen and oxygen atoms in total. The molecule has 0 aliphatic carbocycles. The zero-order valence-corrected chi connectivity index (χ0v) is 6.52. The van der Waals surface area contributed by atoms with Crippen LogP contribution < -0.4 is 0 Å². The van der Waals surface area contributed by atoms with Gasteiger partial charge in [0, 0.05) is 6.92 Å². The highest BCUT2D eigenvalue weighted by atomic mass is 17.2. The van der Waals surface area contributed by atoms with Gasteiger partial charge in [-0.2, -0.15) is 4.89 Å². The smallest absolute Gasteiger partial charge is 0.394 e. The lowest BCUT2D eigenvalue weighted by molar-refractivity contribution is -0.279. The normalized spacial score (nSPS) is 12.2. The van der Waals surface area contributed by atoms with E-state index in [9.17, 15) is 9.59 Å². The van der Waals surface area contributed by atoms with Gasteiger partial charge in [-0.1, -0.05) is 0 Å². The van der Waals surface area contributed by atoms with Gasteiger partial charge in [-0.15, -0.1) is 0 Å². The lowest BCUT2D eigenvalue weighted by Crippen LogP contribution is -2.22. The molecular formula is C6H10O6. The van der Waals surface area contributed by atoms with Crippen molar-refractivity contribution in [1.29, 1.82) is 0 Å². The Labute approximate surface area is 68.6 Å². The summed E-state index contributed by atoms with van der Waals surface area (Å²) in [4.78, 5) is 28.6. The Balaban J connectivity index is 3.44. The van der Waals surface area contributed by atoms with Crippen molar-refractivity contribution in [3.8, 4) is 0 Å². The largest absolute Gasteiger partial charge is 0.408 e. The molecule has 0 amide bonds. The fraction of sp³-hybridized carbons (Fsp3) is 0.667. The minimum absolute atomic E-state index is 0.366. The molecule has 0 radical (unpaired) electrons. The first kappa shape index (κ1) is 11.0. The summed E-state index contributed by atoms with van der Waals surface area (Å²) in [7, 11) is 0. The summed E-state index contributed by atoms with van der Waals surface area (Å²) >= 11 is 0. The number of carbonyl (C=O) groups excluding carboxylic acids is 2. The molecule has 1 atom stereocenters. The van der Waals surface area contributed by atoms with E-state index in [1.54, 1.807) is 0 Å². The Hall–Kier alpha value is -0.980. The van der Waals surface area contributed by atoms with Crippen molar-refractivity contribution in [2.24, 2.45) is 0 Å². The molecule has 12 heavy (non-hydrogen) atoms. The van der Waals surface area contributed by atoms with E-state index in [1.165, 1.54) is 0 Å². The molecule has 0 aromatic carbocycles. The predicted molar refractivity (Wildman–Crippen MR) is 35.8 cm³/mol. The average molecular weight is 178 g/mol. The molecule has 0 aliphatic heterocycles. The van der Waals surface area contributed by atoms with E-state index in [-0.39, 0.29) is 6.61 Å². The molecule has 0 fully saturated rings. The average Bonchev–Trinajstić information content (AvgIpc) is 2.03. The van der Waals surface area contributed by atoms with Crippen LogP contribution in [-0.2, 0) is 19.4 Å². The van der Waals surface area contributed by atoms with Crippen LogP contribution >= 0.6 is 0 Å². The van der Waals surface area contributed by atoms with Crippen LogP contribution in [0.2, 0.25) is 0 Å². The maximum absolute atomic E-state index is 10.4. The molecule has 0 bridgehead atoms. The van der Waals surface area contributed by atoms with Crippen molar-refractivity contribution in [2.75, 3.05) is 13.2 Å². The Morgan fingerprint density at radius 2 is 2.08 bits per heavy atom. The molecular weight excluding hydrogens is 168 g/mol. The zero-order valence-electron chi connectivity index (χ0n) is 6.52. The van der Waals surface area contributed by atoms with E-state index in [2.05, 4.69) is 9.78 Å². The maximum atomic E-state index is 10.4. The molecule has 1 unspecified atom stereocenters. The van der Waals surface area contributed by atoms with Gasteiger partial charge in [-0.05, 0) is 0 Å². The molecule has 0 heterocycles. The van der Waals surface area contributed by atoms with Crippen LogP contribution in [0.15, 0.2) is 0 Å². The number of carbonyl (C=O) groups is 2. The maximum Gasteiger partial charge on any atom is 0.408 e. The third-order valence-corrected chi connectivity index (χ3v) is 0.893. The number of hydrogen-bond donors (Lipinski definition) is 2. The van der Waals surface area contributed by atoms with Gasteiger partial charge >= 0.3 is 5.97 Å². The van der Waals surface area contributed by atoms with E-state index in [4.69, 9.17) is 10.2 Å². The van der Waals surface area contributed by atoms with Crippen molar-refractivity contribution < 1.29 is 29.6 Å². The van der Waals surface area contributed by atoms with Gasteiger partial charge in [0.05, 0.1) is 6.61 Å². The predicted octanol–water partition coefficient (Wildman–Crippen LogP) is -1.60. The number of aliphatic hydroxyl groups is 2. The van der Waals surface area contributed by atoms with Gasteiger partial charge in [0.15, 0.2) is 0 Å². The van der Waals surface area contributed by atoms with Crippen molar-refractivity contribution >= 4 is 11.8 Å². The van der Waals surface area contributed by atoms with Crippen LogP contribution in [0.25, 0.3) is 0 Å². The van der Waals surface area contributed by atoms with Gasteiger partial charge in [0.25, 0.3) is 0 Å². The Kier molecular flexibility index (Phi) is 5.18. The summed E-state index contributed by atoms with van der Waals surface area (Å²) in [5.41, 5.74) is 0. The van der Waals surface area contributed by atoms with E-state index in [0.717, 1.165) is 6.92 Å². The van der Waals surface area contributed by atoms with Crippen molar-refractivity contribution in [1.82, 2.24) is 0 Å². The zero-order chi connectivity index (χ0) is 9.56. The molecule has 0 aromatic heterocycles. The SMILES string of the molecule is CC(=O)C(=O)OOCC(O)CO.